The Hall–Kier alpha value is 0.890. The SMILES string of the molecule is CC(Cl)NP1OCCCN1CCCl. The van der Waals surface area contributed by atoms with Gasteiger partial charge in [0.15, 0.2) is 8.45 Å². The van der Waals surface area contributed by atoms with Crippen molar-refractivity contribution in [3.05, 3.63) is 0 Å². The van der Waals surface area contributed by atoms with E-state index in [0.29, 0.717) is 5.88 Å². The van der Waals surface area contributed by atoms with Gasteiger partial charge in [-0.3, -0.25) is 0 Å². The van der Waals surface area contributed by atoms with Crippen LogP contribution in [0.1, 0.15) is 13.3 Å². The highest BCUT2D eigenvalue weighted by atomic mass is 35.5. The van der Waals surface area contributed by atoms with Gasteiger partial charge in [0.25, 0.3) is 0 Å². The average molecular weight is 245 g/mol. The minimum Gasteiger partial charge on any atom is -0.331 e. The van der Waals surface area contributed by atoms with Crippen LogP contribution in [0.5, 0.6) is 0 Å². The molecule has 1 rings (SSSR count). The summed E-state index contributed by atoms with van der Waals surface area (Å²) < 4.78 is 7.82. The van der Waals surface area contributed by atoms with Crippen LogP contribution in [0.4, 0.5) is 0 Å². The van der Waals surface area contributed by atoms with E-state index in [2.05, 4.69) is 9.76 Å². The van der Waals surface area contributed by atoms with E-state index in [0.717, 1.165) is 26.1 Å². The van der Waals surface area contributed by atoms with Crippen LogP contribution >= 0.6 is 31.7 Å². The Labute approximate surface area is 90.7 Å². The minimum atomic E-state index is -0.714. The molecule has 0 aromatic heterocycles. The number of rotatable bonds is 4. The molecule has 0 radical (unpaired) electrons. The first-order valence-corrected chi connectivity index (χ1v) is 6.56. The summed E-state index contributed by atoms with van der Waals surface area (Å²) in [6, 6.07) is 0. The smallest absolute Gasteiger partial charge is 0.186 e. The quantitative estimate of drug-likeness (QED) is 0.467. The number of alkyl halides is 2. The van der Waals surface area contributed by atoms with Crippen molar-refractivity contribution in [3.8, 4) is 0 Å². The van der Waals surface area contributed by atoms with Gasteiger partial charge in [0.05, 0.1) is 12.1 Å². The fraction of sp³-hybridized carbons (Fsp3) is 1.00. The van der Waals surface area contributed by atoms with Crippen molar-refractivity contribution in [2.75, 3.05) is 25.6 Å². The highest BCUT2D eigenvalue weighted by molar-refractivity contribution is 7.47. The maximum absolute atomic E-state index is 5.84. The normalized spacial score (nSPS) is 27.5. The molecule has 1 aliphatic heterocycles. The van der Waals surface area contributed by atoms with E-state index in [1.807, 2.05) is 6.92 Å². The second-order valence-electron chi connectivity index (χ2n) is 2.85. The van der Waals surface area contributed by atoms with Gasteiger partial charge >= 0.3 is 0 Å². The molecule has 0 amide bonds. The molecule has 13 heavy (non-hydrogen) atoms. The number of nitrogens with zero attached hydrogens (tertiary/aromatic N) is 1. The van der Waals surface area contributed by atoms with Crippen molar-refractivity contribution in [3.63, 3.8) is 0 Å². The van der Waals surface area contributed by atoms with Gasteiger partial charge in [-0.2, -0.15) is 0 Å². The van der Waals surface area contributed by atoms with Gasteiger partial charge in [-0.25, -0.2) is 9.76 Å². The molecule has 1 N–H and O–H groups in total. The lowest BCUT2D eigenvalue weighted by Crippen LogP contribution is -2.34. The predicted octanol–water partition coefficient (Wildman–Crippen LogP) is 2.35. The van der Waals surface area contributed by atoms with Crippen molar-refractivity contribution in [2.24, 2.45) is 0 Å². The zero-order valence-corrected chi connectivity index (χ0v) is 10.1. The molecule has 1 aliphatic rings. The van der Waals surface area contributed by atoms with Crippen LogP contribution < -0.4 is 5.09 Å². The van der Waals surface area contributed by atoms with Crippen LogP contribution in [0, 0.1) is 0 Å². The number of hydrogen-bond donors (Lipinski definition) is 1. The van der Waals surface area contributed by atoms with Crippen LogP contribution in [0.2, 0.25) is 0 Å². The van der Waals surface area contributed by atoms with Gasteiger partial charge in [-0.05, 0) is 13.3 Å². The lowest BCUT2D eigenvalue weighted by molar-refractivity contribution is 0.241. The molecule has 0 aliphatic carbocycles. The van der Waals surface area contributed by atoms with Crippen LogP contribution in [0.3, 0.4) is 0 Å². The third kappa shape index (κ3) is 4.28. The first-order chi connectivity index (χ1) is 6.24. The molecule has 0 bridgehead atoms. The van der Waals surface area contributed by atoms with Gasteiger partial charge in [0.1, 0.15) is 0 Å². The summed E-state index contributed by atoms with van der Waals surface area (Å²) in [5, 5.41) is 3.19. The van der Waals surface area contributed by atoms with Crippen molar-refractivity contribution in [1.82, 2.24) is 9.76 Å². The second kappa shape index (κ2) is 6.39. The lowest BCUT2D eigenvalue weighted by Gasteiger charge is -2.34. The van der Waals surface area contributed by atoms with E-state index in [4.69, 9.17) is 27.7 Å². The molecule has 6 heteroatoms. The zero-order valence-electron chi connectivity index (χ0n) is 7.67. The molecule has 1 fully saturated rings. The summed E-state index contributed by atoms with van der Waals surface area (Å²) in [6.45, 7) is 4.64. The Kier molecular flexibility index (Phi) is 5.88. The minimum absolute atomic E-state index is 0.0537. The molecule has 3 nitrogen and oxygen atoms in total. The maximum atomic E-state index is 5.84. The molecule has 2 atom stereocenters. The predicted molar refractivity (Wildman–Crippen MR) is 58.2 cm³/mol. The van der Waals surface area contributed by atoms with E-state index >= 15 is 0 Å². The summed E-state index contributed by atoms with van der Waals surface area (Å²) in [5.41, 5.74) is -0.0537. The topological polar surface area (TPSA) is 24.5 Å². The maximum Gasteiger partial charge on any atom is 0.186 e. The molecule has 0 aromatic rings. The van der Waals surface area contributed by atoms with E-state index < -0.39 is 8.45 Å². The summed E-state index contributed by atoms with van der Waals surface area (Å²) >= 11 is 11.5. The number of hydrogen-bond acceptors (Lipinski definition) is 3. The fourth-order valence-corrected chi connectivity index (χ4v) is 3.33. The van der Waals surface area contributed by atoms with Crippen LogP contribution in [0.15, 0.2) is 0 Å². The molecule has 1 heterocycles. The highest BCUT2D eigenvalue weighted by Crippen LogP contribution is 2.40. The summed E-state index contributed by atoms with van der Waals surface area (Å²) in [7, 11) is -0.714. The molecule has 1 saturated heterocycles. The van der Waals surface area contributed by atoms with Gasteiger partial charge in [0, 0.05) is 19.0 Å². The zero-order chi connectivity index (χ0) is 9.68. The highest BCUT2D eigenvalue weighted by Gasteiger charge is 2.24. The monoisotopic (exact) mass is 244 g/mol. The standard InChI is InChI=1S/C7H15Cl2N2OP/c1-7(9)10-13-11(5-3-8)4-2-6-12-13/h7,10H,2-6H2,1H3. The average Bonchev–Trinajstić information content (AvgIpc) is 2.08. The molecular formula is C7H15Cl2N2OP. The van der Waals surface area contributed by atoms with Crippen molar-refractivity contribution in [1.29, 1.82) is 0 Å². The van der Waals surface area contributed by atoms with Crippen LogP contribution in [-0.2, 0) is 4.52 Å². The third-order valence-corrected chi connectivity index (χ3v) is 4.04. The van der Waals surface area contributed by atoms with Crippen molar-refractivity contribution < 1.29 is 4.52 Å². The molecule has 0 saturated carbocycles. The fourth-order valence-electron chi connectivity index (χ4n) is 1.14. The van der Waals surface area contributed by atoms with E-state index in [1.54, 1.807) is 0 Å². The van der Waals surface area contributed by atoms with Gasteiger partial charge in [0.2, 0.25) is 0 Å². The summed E-state index contributed by atoms with van der Waals surface area (Å²) in [5.74, 6) is 0.639. The second-order valence-corrected chi connectivity index (χ2v) is 5.51. The molecule has 2 unspecified atom stereocenters. The largest absolute Gasteiger partial charge is 0.331 e. The van der Waals surface area contributed by atoms with E-state index in [-0.39, 0.29) is 5.50 Å². The van der Waals surface area contributed by atoms with E-state index in [9.17, 15) is 0 Å². The lowest BCUT2D eigenvalue weighted by atomic mass is 10.4. The Morgan fingerprint density at radius 1 is 1.69 bits per heavy atom. The molecule has 0 spiro atoms. The molecule has 0 aromatic carbocycles. The summed E-state index contributed by atoms with van der Waals surface area (Å²) in [6.07, 6.45) is 1.08. The van der Waals surface area contributed by atoms with Crippen LogP contribution in [0.25, 0.3) is 0 Å². The Morgan fingerprint density at radius 2 is 2.46 bits per heavy atom. The van der Waals surface area contributed by atoms with Gasteiger partial charge < -0.3 is 4.52 Å². The number of halogens is 2. The Balaban J connectivity index is 2.36. The molecular weight excluding hydrogens is 230 g/mol. The first-order valence-electron chi connectivity index (χ1n) is 4.38. The van der Waals surface area contributed by atoms with Crippen molar-refractivity contribution in [2.45, 2.75) is 18.8 Å². The van der Waals surface area contributed by atoms with Gasteiger partial charge in [-0.15, -0.1) is 23.2 Å². The van der Waals surface area contributed by atoms with E-state index in [1.165, 1.54) is 0 Å². The third-order valence-electron chi connectivity index (χ3n) is 1.66. The first kappa shape index (κ1) is 12.0. The van der Waals surface area contributed by atoms with Gasteiger partial charge in [-0.1, -0.05) is 0 Å². The molecule has 78 valence electrons. The van der Waals surface area contributed by atoms with Crippen LogP contribution in [-0.4, -0.2) is 35.7 Å². The number of nitrogens with one attached hydrogen (secondary N) is 1. The summed E-state index contributed by atoms with van der Waals surface area (Å²) in [4.78, 5) is 0. The Bertz CT molecular complexity index is 148. The Morgan fingerprint density at radius 3 is 3.08 bits per heavy atom. The van der Waals surface area contributed by atoms with Crippen molar-refractivity contribution >= 4 is 31.7 Å².